The number of benzene rings is 1. The van der Waals surface area contributed by atoms with Gasteiger partial charge < -0.3 is 18.9 Å². The SMILES string of the molecule is CC(C)(C)C(=O)Oc1ccc2cc(C(=O)NCc3ccco3)c(=O)oc2c1. The van der Waals surface area contributed by atoms with E-state index in [0.717, 1.165) is 0 Å². The normalized spacial score (nSPS) is 11.4. The fourth-order valence-electron chi connectivity index (χ4n) is 2.25. The van der Waals surface area contributed by atoms with Crippen molar-refractivity contribution in [3.8, 4) is 5.75 Å². The van der Waals surface area contributed by atoms with Crippen LogP contribution in [-0.4, -0.2) is 11.9 Å². The summed E-state index contributed by atoms with van der Waals surface area (Å²) in [6, 6.07) is 9.50. The lowest BCUT2D eigenvalue weighted by atomic mass is 9.97. The molecule has 140 valence electrons. The summed E-state index contributed by atoms with van der Waals surface area (Å²) in [6.45, 7) is 5.38. The fraction of sp³-hybridized carbons (Fsp3) is 0.250. The molecule has 0 aliphatic heterocycles. The topological polar surface area (TPSA) is 98.8 Å². The molecule has 0 aliphatic rings. The lowest BCUT2D eigenvalue weighted by Crippen LogP contribution is -2.27. The van der Waals surface area contributed by atoms with Crippen LogP contribution in [0.1, 0.15) is 36.9 Å². The van der Waals surface area contributed by atoms with Crippen LogP contribution in [0.2, 0.25) is 0 Å². The number of esters is 1. The minimum absolute atomic E-state index is 0.117. The first kappa shape index (κ1) is 18.4. The van der Waals surface area contributed by atoms with Crippen molar-refractivity contribution in [3.05, 3.63) is 64.4 Å². The van der Waals surface area contributed by atoms with Gasteiger partial charge in [0.2, 0.25) is 0 Å². The van der Waals surface area contributed by atoms with Crippen LogP contribution in [-0.2, 0) is 11.3 Å². The zero-order valence-electron chi connectivity index (χ0n) is 15.2. The van der Waals surface area contributed by atoms with E-state index in [1.54, 1.807) is 45.0 Å². The molecule has 2 heterocycles. The Morgan fingerprint density at radius 2 is 1.93 bits per heavy atom. The summed E-state index contributed by atoms with van der Waals surface area (Å²) in [6.07, 6.45) is 1.50. The Morgan fingerprint density at radius 1 is 1.15 bits per heavy atom. The fourth-order valence-corrected chi connectivity index (χ4v) is 2.25. The average Bonchev–Trinajstić information content (AvgIpc) is 3.11. The van der Waals surface area contributed by atoms with Gasteiger partial charge in [0.15, 0.2) is 0 Å². The summed E-state index contributed by atoms with van der Waals surface area (Å²) in [5.74, 6) is -0.136. The van der Waals surface area contributed by atoms with E-state index in [1.807, 2.05) is 0 Å². The first-order valence-electron chi connectivity index (χ1n) is 8.35. The minimum atomic E-state index is -0.779. The summed E-state index contributed by atoms with van der Waals surface area (Å²) in [7, 11) is 0. The summed E-state index contributed by atoms with van der Waals surface area (Å²) in [5, 5.41) is 3.13. The molecule has 7 nitrogen and oxygen atoms in total. The zero-order chi connectivity index (χ0) is 19.6. The Labute approximate surface area is 154 Å². The molecule has 3 aromatic rings. The van der Waals surface area contributed by atoms with Gasteiger partial charge in [0, 0.05) is 11.5 Å². The van der Waals surface area contributed by atoms with Crippen LogP contribution < -0.4 is 15.7 Å². The van der Waals surface area contributed by atoms with Gasteiger partial charge in [0.25, 0.3) is 5.91 Å². The van der Waals surface area contributed by atoms with Gasteiger partial charge in [-0.25, -0.2) is 4.79 Å². The quantitative estimate of drug-likeness (QED) is 0.430. The van der Waals surface area contributed by atoms with Crippen molar-refractivity contribution in [3.63, 3.8) is 0 Å². The second kappa shape index (κ2) is 7.11. The number of carbonyl (C=O) groups is 2. The van der Waals surface area contributed by atoms with Gasteiger partial charge in [-0.1, -0.05) is 0 Å². The molecule has 7 heteroatoms. The van der Waals surface area contributed by atoms with E-state index < -0.39 is 22.9 Å². The highest BCUT2D eigenvalue weighted by molar-refractivity contribution is 5.96. The lowest BCUT2D eigenvalue weighted by Gasteiger charge is -2.16. The van der Waals surface area contributed by atoms with Crippen LogP contribution in [0.5, 0.6) is 5.75 Å². The summed E-state index contributed by atoms with van der Waals surface area (Å²) in [4.78, 5) is 36.4. The van der Waals surface area contributed by atoms with Crippen molar-refractivity contribution in [2.24, 2.45) is 5.41 Å². The maximum atomic E-state index is 12.2. The Balaban J connectivity index is 1.82. The standard InChI is InChI=1S/C20H19NO6/c1-20(2,3)19(24)26-13-7-6-12-9-15(18(23)27-16(12)10-13)17(22)21-11-14-5-4-8-25-14/h4-10H,11H2,1-3H3,(H,21,22). The highest BCUT2D eigenvalue weighted by Gasteiger charge is 2.24. The third kappa shape index (κ3) is 4.25. The second-order valence-electron chi connectivity index (χ2n) is 7.05. The number of rotatable bonds is 4. The summed E-state index contributed by atoms with van der Waals surface area (Å²) < 4.78 is 15.7. The van der Waals surface area contributed by atoms with Crippen molar-refractivity contribution < 1.29 is 23.2 Å². The number of ether oxygens (including phenoxy) is 1. The van der Waals surface area contributed by atoms with E-state index in [1.165, 1.54) is 18.4 Å². The van der Waals surface area contributed by atoms with E-state index >= 15 is 0 Å². The van der Waals surface area contributed by atoms with E-state index in [-0.39, 0.29) is 23.4 Å². The van der Waals surface area contributed by atoms with E-state index in [2.05, 4.69) is 5.32 Å². The Hall–Kier alpha value is -3.35. The molecule has 1 amide bonds. The van der Waals surface area contributed by atoms with Gasteiger partial charge in [0.1, 0.15) is 22.7 Å². The number of nitrogens with one attached hydrogen (secondary N) is 1. The molecule has 2 aromatic heterocycles. The molecule has 0 unspecified atom stereocenters. The van der Waals surface area contributed by atoms with Crippen molar-refractivity contribution in [2.45, 2.75) is 27.3 Å². The van der Waals surface area contributed by atoms with Gasteiger partial charge in [0.05, 0.1) is 18.2 Å². The predicted molar refractivity (Wildman–Crippen MR) is 97.5 cm³/mol. The van der Waals surface area contributed by atoms with Gasteiger partial charge >= 0.3 is 11.6 Å². The molecule has 0 fully saturated rings. The van der Waals surface area contributed by atoms with Gasteiger partial charge in [-0.3, -0.25) is 9.59 Å². The number of hydrogen-bond acceptors (Lipinski definition) is 6. The molecule has 0 atom stereocenters. The zero-order valence-corrected chi connectivity index (χ0v) is 15.2. The number of amides is 1. The van der Waals surface area contributed by atoms with Crippen molar-refractivity contribution in [1.82, 2.24) is 5.32 Å². The molecular weight excluding hydrogens is 350 g/mol. The van der Waals surface area contributed by atoms with Crippen LogP contribution in [0.15, 0.2) is 56.3 Å². The largest absolute Gasteiger partial charge is 0.467 e. The third-order valence-corrected chi connectivity index (χ3v) is 3.78. The van der Waals surface area contributed by atoms with Crippen molar-refractivity contribution in [2.75, 3.05) is 0 Å². The number of hydrogen-bond donors (Lipinski definition) is 1. The van der Waals surface area contributed by atoms with Crippen molar-refractivity contribution >= 4 is 22.8 Å². The number of furan rings is 1. The highest BCUT2D eigenvalue weighted by atomic mass is 16.5. The Kier molecular flexibility index (Phi) is 4.85. The van der Waals surface area contributed by atoms with Crippen LogP contribution >= 0.6 is 0 Å². The van der Waals surface area contributed by atoms with Gasteiger partial charge in [-0.05, 0) is 51.1 Å². The molecule has 0 saturated carbocycles. The number of fused-ring (bicyclic) bond motifs is 1. The molecule has 1 N–H and O–H groups in total. The van der Waals surface area contributed by atoms with E-state index in [4.69, 9.17) is 13.6 Å². The van der Waals surface area contributed by atoms with Crippen LogP contribution in [0, 0.1) is 5.41 Å². The molecule has 3 rings (SSSR count). The van der Waals surface area contributed by atoms with E-state index in [9.17, 15) is 14.4 Å². The monoisotopic (exact) mass is 369 g/mol. The first-order valence-corrected chi connectivity index (χ1v) is 8.35. The van der Waals surface area contributed by atoms with Crippen LogP contribution in [0.25, 0.3) is 11.0 Å². The maximum Gasteiger partial charge on any atom is 0.349 e. The molecule has 0 spiro atoms. The molecule has 0 bridgehead atoms. The Bertz CT molecular complexity index is 1040. The molecule has 0 saturated heterocycles. The van der Waals surface area contributed by atoms with Crippen molar-refractivity contribution in [1.29, 1.82) is 0 Å². The van der Waals surface area contributed by atoms with Crippen LogP contribution in [0.3, 0.4) is 0 Å². The summed E-state index contributed by atoms with van der Waals surface area (Å²) in [5.41, 5.74) is -1.33. The highest BCUT2D eigenvalue weighted by Crippen LogP contribution is 2.23. The Morgan fingerprint density at radius 3 is 2.59 bits per heavy atom. The molecular formula is C20H19NO6. The molecule has 0 radical (unpaired) electrons. The van der Waals surface area contributed by atoms with Gasteiger partial charge in [-0.2, -0.15) is 0 Å². The predicted octanol–water partition coefficient (Wildman–Crippen LogP) is 3.27. The second-order valence-corrected chi connectivity index (χ2v) is 7.05. The van der Waals surface area contributed by atoms with E-state index in [0.29, 0.717) is 11.1 Å². The summed E-state index contributed by atoms with van der Waals surface area (Å²) >= 11 is 0. The number of carbonyl (C=O) groups excluding carboxylic acids is 2. The maximum absolute atomic E-state index is 12.2. The third-order valence-electron chi connectivity index (χ3n) is 3.78. The smallest absolute Gasteiger partial charge is 0.349 e. The van der Waals surface area contributed by atoms with Gasteiger partial charge in [-0.15, -0.1) is 0 Å². The molecule has 27 heavy (non-hydrogen) atoms. The lowest BCUT2D eigenvalue weighted by molar-refractivity contribution is -0.142. The van der Waals surface area contributed by atoms with Crippen LogP contribution in [0.4, 0.5) is 0 Å². The average molecular weight is 369 g/mol. The molecule has 0 aliphatic carbocycles. The minimum Gasteiger partial charge on any atom is -0.467 e. The molecule has 1 aromatic carbocycles. The first-order chi connectivity index (χ1) is 12.7.